The van der Waals surface area contributed by atoms with Gasteiger partial charge in [-0.2, -0.15) is 12.6 Å². The molecule has 0 radical (unpaired) electrons. The highest BCUT2D eigenvalue weighted by Gasteiger charge is 2.12. The fraction of sp³-hybridized carbons (Fsp3) is 0.619. The first-order valence-electron chi connectivity index (χ1n) is 9.89. The van der Waals surface area contributed by atoms with Gasteiger partial charge in [0, 0.05) is 30.2 Å². The fourth-order valence-corrected chi connectivity index (χ4v) is 1.82. The monoisotopic (exact) mass is 477 g/mol. The van der Waals surface area contributed by atoms with Gasteiger partial charge >= 0.3 is 0 Å². The number of thiol groups is 1. The number of hydrogen-bond acceptors (Lipinski definition) is 5. The molecule has 0 aliphatic carbocycles. The van der Waals surface area contributed by atoms with Crippen LogP contribution in [0.3, 0.4) is 0 Å². The molecule has 0 atom stereocenters. The smallest absolute Gasteiger partial charge is 0.269 e. The van der Waals surface area contributed by atoms with Crippen LogP contribution in [-0.2, 0) is 4.79 Å². The lowest BCUT2D eigenvalue weighted by Crippen LogP contribution is -2.32. The van der Waals surface area contributed by atoms with Crippen LogP contribution in [0.2, 0.25) is 0 Å². The predicted molar refractivity (Wildman–Crippen MR) is 131 cm³/mol. The number of carbonyl (C=O) groups excluding carboxylic acids is 1. The first-order chi connectivity index (χ1) is 13.5. The zero-order chi connectivity index (χ0) is 22.2. The average molecular weight is 479 g/mol. The number of rotatable bonds is 11. The molecule has 0 fully saturated rings. The van der Waals surface area contributed by atoms with Crippen molar-refractivity contribution in [2.24, 2.45) is 11.1 Å². The van der Waals surface area contributed by atoms with Gasteiger partial charge in [0.2, 0.25) is 0 Å². The number of nitrogens with one attached hydrogen (secondary N) is 2. The molecule has 0 heterocycles. The number of nitrogens with zero attached hydrogens (tertiary/aromatic N) is 1. The molecule has 7 heteroatoms. The minimum Gasteiger partial charge on any atom is -0.410 e. The van der Waals surface area contributed by atoms with Gasteiger partial charge in [-0.1, -0.05) is 86.8 Å². The van der Waals surface area contributed by atoms with Crippen LogP contribution in [0, 0.1) is 5.92 Å². The van der Waals surface area contributed by atoms with Crippen molar-refractivity contribution in [2.45, 2.75) is 60.8 Å². The number of halogens is 1. The average Bonchev–Trinajstić information content (AvgIpc) is 2.74. The Hall–Kier alpha value is -1.21. The maximum atomic E-state index is 11.7. The lowest BCUT2D eigenvalue weighted by molar-refractivity contribution is -0.114. The molecule has 0 aromatic carbocycles. The molecule has 5 nitrogen and oxygen atoms in total. The third kappa shape index (κ3) is 21.1. The van der Waals surface area contributed by atoms with E-state index in [1.54, 1.807) is 12.4 Å². The predicted octanol–water partition coefficient (Wildman–Crippen LogP) is 5.68. The molecule has 0 unspecified atom stereocenters. The van der Waals surface area contributed by atoms with Crippen LogP contribution in [0.25, 0.3) is 0 Å². The van der Waals surface area contributed by atoms with Gasteiger partial charge in [-0.05, 0) is 24.6 Å². The Morgan fingerprint density at radius 1 is 1.29 bits per heavy atom. The molecule has 0 spiro atoms. The zero-order valence-electron chi connectivity index (χ0n) is 18.3. The van der Waals surface area contributed by atoms with Crippen LogP contribution in [0.5, 0.6) is 0 Å². The number of alkyl halides is 1. The number of hydrogen-bond donors (Lipinski definition) is 4. The van der Waals surface area contributed by atoms with E-state index >= 15 is 0 Å². The highest BCUT2D eigenvalue weighted by Crippen LogP contribution is 2.06. The van der Waals surface area contributed by atoms with E-state index in [2.05, 4.69) is 65.1 Å². The standard InChI is InChI=1S/C13H20BrN3O2S.C6H14.C2H6/c1-2-6-15-10-11(4-3-5-14)9-12(17-19)13(18)16-7-8-20;1-4-6(3)5-2;1-2/h2-4,6,10,15,19-20H,5,7-9H2,1H3,(H,16,18);6H,4-5H2,1-3H3;1-2H3/b4-3+,6-2+,11-10+,17-12+;;. The molecule has 0 aromatic rings. The summed E-state index contributed by atoms with van der Waals surface area (Å²) in [6.45, 7) is 13.1. The fourth-order valence-electron chi connectivity index (χ4n) is 1.52. The molecular formula is C21H40BrN3O2S. The second-order valence-corrected chi connectivity index (χ2v) is 6.66. The van der Waals surface area contributed by atoms with E-state index in [1.807, 2.05) is 39.0 Å². The summed E-state index contributed by atoms with van der Waals surface area (Å²) in [5.74, 6) is 1.06. The van der Waals surface area contributed by atoms with Crippen molar-refractivity contribution in [3.8, 4) is 0 Å². The van der Waals surface area contributed by atoms with Crippen molar-refractivity contribution in [3.63, 3.8) is 0 Å². The zero-order valence-corrected chi connectivity index (χ0v) is 20.8. The first-order valence-corrected chi connectivity index (χ1v) is 11.6. The van der Waals surface area contributed by atoms with E-state index in [-0.39, 0.29) is 12.1 Å². The largest absolute Gasteiger partial charge is 0.410 e. The molecule has 0 saturated carbocycles. The lowest BCUT2D eigenvalue weighted by Gasteiger charge is -2.06. The number of carbonyl (C=O) groups is 1. The van der Waals surface area contributed by atoms with Crippen LogP contribution >= 0.6 is 28.6 Å². The minimum absolute atomic E-state index is 0.0551. The normalized spacial score (nSPS) is 11.8. The second-order valence-electron chi connectivity index (χ2n) is 5.57. The first kappa shape index (κ1) is 31.5. The number of oxime groups is 1. The van der Waals surface area contributed by atoms with E-state index in [0.29, 0.717) is 17.6 Å². The molecule has 1 amide bonds. The van der Waals surface area contributed by atoms with Gasteiger partial charge in [-0.3, -0.25) is 4.79 Å². The van der Waals surface area contributed by atoms with Gasteiger partial charge < -0.3 is 15.8 Å². The molecule has 0 bridgehead atoms. The molecule has 164 valence electrons. The highest BCUT2D eigenvalue weighted by atomic mass is 79.9. The van der Waals surface area contributed by atoms with Crippen molar-refractivity contribution in [1.29, 1.82) is 0 Å². The summed E-state index contributed by atoms with van der Waals surface area (Å²) >= 11 is 7.29. The molecule has 28 heavy (non-hydrogen) atoms. The van der Waals surface area contributed by atoms with E-state index in [9.17, 15) is 4.79 Å². The van der Waals surface area contributed by atoms with Gasteiger partial charge in [0.05, 0.1) is 0 Å². The molecule has 0 rings (SSSR count). The van der Waals surface area contributed by atoms with Crippen molar-refractivity contribution in [1.82, 2.24) is 10.6 Å². The Kier molecular flexibility index (Phi) is 29.0. The third-order valence-corrected chi connectivity index (χ3v) is 4.10. The van der Waals surface area contributed by atoms with E-state index in [4.69, 9.17) is 5.21 Å². The summed E-state index contributed by atoms with van der Waals surface area (Å²) in [5.41, 5.74) is 0.871. The Labute approximate surface area is 186 Å². The van der Waals surface area contributed by atoms with Crippen LogP contribution in [-0.4, -0.2) is 34.5 Å². The van der Waals surface area contributed by atoms with Gasteiger partial charge in [0.25, 0.3) is 5.91 Å². The summed E-state index contributed by atoms with van der Waals surface area (Å²) in [6, 6.07) is 0. The van der Waals surface area contributed by atoms with Crippen LogP contribution in [0.4, 0.5) is 0 Å². The van der Waals surface area contributed by atoms with Gasteiger partial charge in [-0.15, -0.1) is 0 Å². The van der Waals surface area contributed by atoms with Crippen LogP contribution in [0.15, 0.2) is 41.4 Å². The second kappa shape index (κ2) is 25.8. The van der Waals surface area contributed by atoms with Crippen molar-refractivity contribution in [3.05, 3.63) is 36.2 Å². The Balaban J connectivity index is -0.000000660. The Morgan fingerprint density at radius 3 is 2.29 bits per heavy atom. The maximum absolute atomic E-state index is 11.7. The third-order valence-electron chi connectivity index (χ3n) is 3.50. The summed E-state index contributed by atoms with van der Waals surface area (Å²) in [7, 11) is 0. The van der Waals surface area contributed by atoms with Crippen LogP contribution < -0.4 is 10.6 Å². The summed E-state index contributed by atoms with van der Waals surface area (Å²) in [6.07, 6.45) is 12.0. The van der Waals surface area contributed by atoms with Crippen LogP contribution in [0.1, 0.15) is 60.8 Å². The van der Waals surface area contributed by atoms with Crippen molar-refractivity contribution in [2.75, 3.05) is 17.6 Å². The van der Waals surface area contributed by atoms with Crippen molar-refractivity contribution < 1.29 is 10.0 Å². The Morgan fingerprint density at radius 2 is 1.89 bits per heavy atom. The quantitative estimate of drug-likeness (QED) is 0.0771. The molecule has 0 aliphatic heterocycles. The van der Waals surface area contributed by atoms with Gasteiger partial charge in [-0.25, -0.2) is 0 Å². The van der Waals surface area contributed by atoms with Gasteiger partial charge in [0.1, 0.15) is 5.71 Å². The number of allylic oxidation sites excluding steroid dienone is 4. The van der Waals surface area contributed by atoms with Crippen molar-refractivity contribution >= 4 is 40.2 Å². The summed E-state index contributed by atoms with van der Waals surface area (Å²) in [5, 5.41) is 18.3. The highest BCUT2D eigenvalue weighted by molar-refractivity contribution is 9.09. The number of amides is 1. The topological polar surface area (TPSA) is 73.7 Å². The SMILES string of the molecule is C/C=C/N/C=C(\C=C\CBr)C/C(=N\O)C(=O)NCCS.CC.CCC(C)CC. The van der Waals surface area contributed by atoms with E-state index < -0.39 is 5.91 Å². The molecule has 0 saturated heterocycles. The summed E-state index contributed by atoms with van der Waals surface area (Å²) in [4.78, 5) is 11.7. The lowest BCUT2D eigenvalue weighted by atomic mass is 10.1. The van der Waals surface area contributed by atoms with E-state index in [0.717, 1.165) is 11.5 Å². The maximum Gasteiger partial charge on any atom is 0.269 e. The molecular weight excluding hydrogens is 438 g/mol. The van der Waals surface area contributed by atoms with E-state index in [1.165, 1.54) is 12.8 Å². The molecule has 0 aliphatic rings. The minimum atomic E-state index is -0.397. The summed E-state index contributed by atoms with van der Waals surface area (Å²) < 4.78 is 0. The van der Waals surface area contributed by atoms with Gasteiger partial charge in [0.15, 0.2) is 0 Å². The molecule has 0 aromatic heterocycles. The Bertz CT molecular complexity index is 474. The molecule has 3 N–H and O–H groups in total.